The first kappa shape index (κ1) is 29.6. The van der Waals surface area contributed by atoms with Crippen LogP contribution in [0.25, 0.3) is 50.2 Å². The van der Waals surface area contributed by atoms with E-state index < -0.39 is 0 Å². The Hall–Kier alpha value is -3.91. The number of allylic oxidation sites excluding steroid dienone is 2. The highest BCUT2D eigenvalue weighted by molar-refractivity contribution is 6.01. The number of hydrogen-bond acceptors (Lipinski definition) is 2. The number of hydrogen-bond donors (Lipinski definition) is 1. The van der Waals surface area contributed by atoms with Crippen LogP contribution in [0, 0.1) is 6.57 Å². The number of aryl methyl sites for hydroxylation is 6. The summed E-state index contributed by atoms with van der Waals surface area (Å²) in [5.74, 6) is 0. The number of aromatic amines is 1. The molecule has 0 amide bonds. The largest absolute Gasteiger partial charge is 0.355 e. The summed E-state index contributed by atoms with van der Waals surface area (Å²) in [4.78, 5) is 18.6. The molecule has 42 heavy (non-hydrogen) atoms. The molecule has 0 atom stereocenters. The van der Waals surface area contributed by atoms with Gasteiger partial charge in [0.05, 0.1) is 34.9 Å². The lowest BCUT2D eigenvalue weighted by atomic mass is 9.95. The second kappa shape index (κ2) is 12.1. The molecule has 5 rings (SSSR count). The van der Waals surface area contributed by atoms with Gasteiger partial charge < -0.3 is 9.55 Å². The van der Waals surface area contributed by atoms with Crippen LogP contribution in [0.5, 0.6) is 0 Å². The van der Waals surface area contributed by atoms with Crippen molar-refractivity contribution in [1.29, 1.82) is 0 Å². The Labute approximate surface area is 251 Å². The minimum absolute atomic E-state index is 0.685. The van der Waals surface area contributed by atoms with Crippen LogP contribution in [0.4, 0.5) is 5.69 Å². The fourth-order valence-electron chi connectivity index (χ4n) is 7.32. The van der Waals surface area contributed by atoms with E-state index in [1.54, 1.807) is 0 Å². The van der Waals surface area contributed by atoms with E-state index in [2.05, 4.69) is 94.1 Å². The SMILES string of the molecule is [C-]#[N+]c1c2nc(c(CC)c3[nH]c(cc4nc(cc5c(CC)c(CC)c1n5CC)C=C4)c(CC)c3CC)C(CC)=C2CC. The molecule has 5 heteroatoms. The van der Waals surface area contributed by atoms with Crippen LogP contribution in [0.1, 0.15) is 119 Å². The number of aromatic nitrogens is 4. The minimum atomic E-state index is 0.685. The van der Waals surface area contributed by atoms with Crippen molar-refractivity contribution in [3.05, 3.63) is 74.1 Å². The van der Waals surface area contributed by atoms with Gasteiger partial charge in [-0.2, -0.15) is 0 Å². The molecule has 218 valence electrons. The normalized spacial score (nSPS) is 12.8. The van der Waals surface area contributed by atoms with E-state index in [1.165, 1.54) is 44.5 Å². The molecule has 0 unspecified atom stereocenters. The van der Waals surface area contributed by atoms with Gasteiger partial charge in [0.25, 0.3) is 0 Å². The molecule has 5 nitrogen and oxygen atoms in total. The first-order chi connectivity index (χ1) is 20.4. The monoisotopic (exact) mass is 559 g/mol. The zero-order valence-electron chi connectivity index (χ0n) is 26.8. The molecule has 2 aliphatic heterocycles. The molecule has 0 saturated carbocycles. The van der Waals surface area contributed by atoms with Crippen LogP contribution in [0.3, 0.4) is 0 Å². The molecule has 2 aliphatic rings. The number of fused-ring (bicyclic) bond motifs is 8. The fourth-order valence-corrected chi connectivity index (χ4v) is 7.32. The van der Waals surface area contributed by atoms with Crippen LogP contribution in [-0.2, 0) is 38.6 Å². The Balaban J connectivity index is 2.17. The van der Waals surface area contributed by atoms with Crippen molar-refractivity contribution in [3.8, 4) is 0 Å². The molecular formula is C37H45N5. The van der Waals surface area contributed by atoms with E-state index in [-0.39, 0.29) is 0 Å². The Morgan fingerprint density at radius 1 is 0.667 bits per heavy atom. The third-order valence-electron chi connectivity index (χ3n) is 9.13. The van der Waals surface area contributed by atoms with E-state index in [0.717, 1.165) is 90.8 Å². The van der Waals surface area contributed by atoms with Crippen LogP contribution in [-0.4, -0.2) is 19.5 Å². The summed E-state index contributed by atoms with van der Waals surface area (Å²) in [6.07, 6.45) is 10.5. The number of nitrogens with zero attached hydrogens (tertiary/aromatic N) is 4. The Kier molecular flexibility index (Phi) is 8.55. The van der Waals surface area contributed by atoms with Crippen molar-refractivity contribution in [2.24, 2.45) is 0 Å². The summed E-state index contributed by atoms with van der Waals surface area (Å²) < 4.78 is 2.35. The highest BCUT2D eigenvalue weighted by Gasteiger charge is 2.27. The van der Waals surface area contributed by atoms with E-state index in [0.29, 0.717) is 5.69 Å². The Morgan fingerprint density at radius 3 is 1.81 bits per heavy atom. The molecule has 1 N–H and O–H groups in total. The average molecular weight is 560 g/mol. The molecule has 0 fully saturated rings. The van der Waals surface area contributed by atoms with Gasteiger partial charge in [0.15, 0.2) is 0 Å². The van der Waals surface area contributed by atoms with Gasteiger partial charge in [0, 0.05) is 28.7 Å². The molecule has 3 aromatic rings. The topological polar surface area (TPSA) is 50.9 Å². The van der Waals surface area contributed by atoms with Crippen molar-refractivity contribution >= 4 is 51.1 Å². The van der Waals surface area contributed by atoms with Crippen molar-refractivity contribution in [2.45, 2.75) is 107 Å². The van der Waals surface area contributed by atoms with Crippen LogP contribution >= 0.6 is 0 Å². The summed E-state index contributed by atoms with van der Waals surface area (Å²) in [7, 11) is 0. The first-order valence-electron chi connectivity index (χ1n) is 16.1. The van der Waals surface area contributed by atoms with Gasteiger partial charge in [-0.1, -0.05) is 48.5 Å². The van der Waals surface area contributed by atoms with Gasteiger partial charge in [-0.3, -0.25) is 4.98 Å². The third kappa shape index (κ3) is 4.53. The molecular weight excluding hydrogens is 514 g/mol. The van der Waals surface area contributed by atoms with Crippen LogP contribution in [0.2, 0.25) is 0 Å². The Bertz CT molecular complexity index is 1820. The molecule has 3 aromatic heterocycles. The van der Waals surface area contributed by atoms with Gasteiger partial charge in [-0.25, -0.2) is 9.83 Å². The number of H-pyrrole nitrogens is 1. The molecule has 0 saturated heterocycles. The van der Waals surface area contributed by atoms with Crippen LogP contribution < -0.4 is 0 Å². The molecule has 0 aliphatic carbocycles. The maximum absolute atomic E-state index is 8.56. The van der Waals surface area contributed by atoms with Crippen molar-refractivity contribution < 1.29 is 0 Å². The summed E-state index contributed by atoms with van der Waals surface area (Å²) in [6, 6.07) is 4.44. The summed E-state index contributed by atoms with van der Waals surface area (Å²) >= 11 is 0. The Morgan fingerprint density at radius 2 is 1.26 bits per heavy atom. The molecule has 8 bridgehead atoms. The van der Waals surface area contributed by atoms with E-state index >= 15 is 0 Å². The third-order valence-corrected chi connectivity index (χ3v) is 9.13. The first-order valence-corrected chi connectivity index (χ1v) is 16.1. The van der Waals surface area contributed by atoms with Gasteiger partial charge >= 0.3 is 0 Å². The van der Waals surface area contributed by atoms with E-state index in [9.17, 15) is 0 Å². The fraction of sp³-hybridized carbons (Fsp3) is 0.432. The summed E-state index contributed by atoms with van der Waals surface area (Å²) in [6.45, 7) is 27.1. The lowest BCUT2D eigenvalue weighted by Crippen LogP contribution is -1.95. The van der Waals surface area contributed by atoms with Crippen molar-refractivity contribution in [1.82, 2.24) is 19.5 Å². The minimum Gasteiger partial charge on any atom is -0.355 e. The zero-order valence-corrected chi connectivity index (χ0v) is 26.8. The van der Waals surface area contributed by atoms with Gasteiger partial charge in [0.1, 0.15) is 0 Å². The predicted molar refractivity (Wildman–Crippen MR) is 180 cm³/mol. The molecule has 0 aromatic carbocycles. The average Bonchev–Trinajstić information content (AvgIpc) is 3.76. The predicted octanol–water partition coefficient (Wildman–Crippen LogP) is 10.1. The second-order valence-corrected chi connectivity index (χ2v) is 11.1. The lowest BCUT2D eigenvalue weighted by Gasteiger charge is -2.09. The van der Waals surface area contributed by atoms with Gasteiger partial charge in [-0.15, -0.1) is 0 Å². The lowest BCUT2D eigenvalue weighted by molar-refractivity contribution is 0.822. The van der Waals surface area contributed by atoms with E-state index in [4.69, 9.17) is 16.5 Å². The maximum atomic E-state index is 8.56. The smallest absolute Gasteiger partial charge is 0.235 e. The standard InChI is InChI=1S/C37H45N5/c1-10-24-26(12-3)33-30(16-7)34-27(13-4)28(14-5)35(41-34)36(38-9)37-29(15-6)25(11-2)32(42(37)17-8)21-23-19-18-22(39-23)20-31(24)40-33/h18-21,40H,10-17H2,1-8H3. The highest BCUT2D eigenvalue weighted by Crippen LogP contribution is 2.44. The molecule has 0 radical (unpaired) electrons. The summed E-state index contributed by atoms with van der Waals surface area (Å²) in [5.41, 5.74) is 18.1. The maximum Gasteiger partial charge on any atom is 0.235 e. The highest BCUT2D eigenvalue weighted by atomic mass is 15.0. The number of nitrogens with one attached hydrogen (secondary N) is 1. The van der Waals surface area contributed by atoms with Crippen molar-refractivity contribution in [3.63, 3.8) is 0 Å². The van der Waals surface area contributed by atoms with Crippen LogP contribution in [0.15, 0.2) is 12.1 Å². The molecule has 0 spiro atoms. The zero-order chi connectivity index (χ0) is 30.1. The van der Waals surface area contributed by atoms with Gasteiger partial charge in [0.2, 0.25) is 5.69 Å². The summed E-state index contributed by atoms with van der Waals surface area (Å²) in [5, 5.41) is 0. The van der Waals surface area contributed by atoms with Crippen molar-refractivity contribution in [2.75, 3.05) is 0 Å². The number of rotatable bonds is 8. The quantitative estimate of drug-likeness (QED) is 0.218. The molecule has 5 heterocycles. The van der Waals surface area contributed by atoms with Gasteiger partial charge in [-0.05, 0) is 110 Å². The van der Waals surface area contributed by atoms with E-state index in [1.807, 2.05) is 0 Å². The second-order valence-electron chi connectivity index (χ2n) is 11.1.